The van der Waals surface area contributed by atoms with Crippen molar-refractivity contribution in [3.8, 4) is 12.8 Å². The number of aromatic nitrogens is 3. The number of aliphatic hydroxyl groups excluding tert-OH is 1. The first-order chi connectivity index (χ1) is 49.6. The average molecular weight is 1460 g/mol. The molecule has 12 N–H and O–H groups in total. The number of rotatable bonds is 12. The van der Waals surface area contributed by atoms with Gasteiger partial charge in [-0.15, -0.1) is 12.8 Å². The number of fused-ring (bicyclic) bond motifs is 14. The zero-order chi connectivity index (χ0) is 77.1. The van der Waals surface area contributed by atoms with E-state index in [9.17, 15) is 67.7 Å². The van der Waals surface area contributed by atoms with Crippen molar-refractivity contribution in [2.24, 2.45) is 29.2 Å². The number of ether oxygens (including phenoxy) is 2. The van der Waals surface area contributed by atoms with Crippen LogP contribution in [-0.2, 0) is 69.3 Å². The Hall–Kier alpha value is -10.2. The third-order valence-corrected chi connectivity index (χ3v) is 20.2. The summed E-state index contributed by atoms with van der Waals surface area (Å²) in [4.78, 5) is 158. The van der Waals surface area contributed by atoms with E-state index in [1.165, 1.54) is 87.2 Å². The number of hydrogen-bond acceptors (Lipinski definition) is 18. The molecule has 0 spiro atoms. The van der Waals surface area contributed by atoms with Crippen molar-refractivity contribution < 1.29 is 99.2 Å². The van der Waals surface area contributed by atoms with Gasteiger partial charge in [0.05, 0.1) is 45.0 Å². The number of nitrogens with zero attached hydrogens (tertiary/aromatic N) is 2. The fourth-order valence-corrected chi connectivity index (χ4v) is 16.4. The van der Waals surface area contributed by atoms with Crippen molar-refractivity contribution >= 4 is 53.4 Å². The predicted octanol–water partition coefficient (Wildman–Crippen LogP) is 3.40. The Labute approximate surface area is 635 Å². The van der Waals surface area contributed by atoms with E-state index < -0.39 is 106 Å². The second kappa shape index (κ2) is 33.5. The van der Waals surface area contributed by atoms with Crippen molar-refractivity contribution in [2.45, 2.75) is 168 Å². The van der Waals surface area contributed by atoms with E-state index in [0.717, 1.165) is 75.2 Å². The number of terminal acetylenes is 1. The van der Waals surface area contributed by atoms with E-state index in [4.69, 9.17) is 22.3 Å². The Morgan fingerprint density at radius 2 is 0.887 bits per heavy atom. The minimum atomic E-state index is -1.57. The van der Waals surface area contributed by atoms with Crippen LogP contribution >= 0.6 is 0 Å². The maximum atomic E-state index is 14.2. The molecular formula is C79H88N9NaO17. The third-order valence-electron chi connectivity index (χ3n) is 20.2. The number of nitrogens with one attached hydrogen (secondary N) is 5. The van der Waals surface area contributed by atoms with Gasteiger partial charge in [0.1, 0.15) is 19.6 Å². The molecule has 0 radical (unpaired) electrons. The number of carboxylic acids is 1. The quantitative estimate of drug-likeness (QED) is 0.0284. The number of carboxylic acid groups (broad SMARTS) is 1. The Bertz CT molecular complexity index is 4780. The summed E-state index contributed by atoms with van der Waals surface area (Å²) in [5, 5.41) is 25.2. The van der Waals surface area contributed by atoms with Gasteiger partial charge in [-0.2, -0.15) is 0 Å². The number of nitrogens with two attached hydrogens (primary N) is 2. The molecule has 6 amide bonds. The van der Waals surface area contributed by atoms with Gasteiger partial charge in [-0.25, -0.2) is 4.79 Å². The van der Waals surface area contributed by atoms with Crippen LogP contribution in [0, 0.1) is 30.6 Å². The minimum absolute atomic E-state index is 0. The van der Waals surface area contributed by atoms with Crippen LogP contribution in [0.2, 0.25) is 0 Å². The number of amides is 6. The first-order valence-corrected chi connectivity index (χ1v) is 34.1. The van der Waals surface area contributed by atoms with Crippen molar-refractivity contribution in [1.29, 1.82) is 0 Å². The fourth-order valence-electron chi connectivity index (χ4n) is 16.4. The van der Waals surface area contributed by atoms with Gasteiger partial charge in [-0.05, 0) is 166 Å². The number of carbonyl (C=O) groups is 9. The zero-order valence-electron chi connectivity index (χ0n) is 62.2. The number of imide groups is 2. The maximum absolute atomic E-state index is 14.2. The number of hydrogen-bond donors (Lipinski definition) is 9. The summed E-state index contributed by atoms with van der Waals surface area (Å²) in [5.41, 5.74) is 22.8. The predicted molar refractivity (Wildman–Crippen MR) is 388 cm³/mol. The Morgan fingerprint density at radius 3 is 1.24 bits per heavy atom. The second-order valence-electron chi connectivity index (χ2n) is 27.3. The summed E-state index contributed by atoms with van der Waals surface area (Å²) in [6, 6.07) is 18.3. The molecule has 6 bridgehead atoms. The van der Waals surface area contributed by atoms with E-state index >= 15 is 0 Å². The summed E-state index contributed by atoms with van der Waals surface area (Å²) in [7, 11) is 0. The topological polar surface area (TPSA) is 424 Å². The molecule has 3 aromatic heterocycles. The van der Waals surface area contributed by atoms with Crippen molar-refractivity contribution in [3.05, 3.63) is 242 Å². The largest absolute Gasteiger partial charge is 1.00 e. The molecule has 552 valence electrons. The number of aromatic amines is 3. The number of H-pyrrole nitrogens is 3. The minimum Gasteiger partial charge on any atom is -0.870 e. The van der Waals surface area contributed by atoms with Crippen LogP contribution in [0.5, 0.6) is 0 Å². The number of aliphatic carboxylic acids is 1. The molecule has 0 saturated heterocycles. The van der Waals surface area contributed by atoms with Gasteiger partial charge in [0.2, 0.25) is 28.5 Å². The average Bonchev–Trinajstić information content (AvgIpc) is 1.73. The Kier molecular flexibility index (Phi) is 25.7. The monoisotopic (exact) mass is 1460 g/mol. The number of carbonyl (C=O) groups excluding carboxylic acids is 8. The number of allylic oxidation sites excluding steroid dienone is 6. The molecule has 8 aliphatic rings. The standard InChI is InChI=1S/C29H29N3O6.C19H25N3O3.C15H18N2O.C14H13NO6.C2H2.Na.H2O/c1-5-21-18-12-15(2)14-29(21,22-10-11-24(34)30-23(22)13-18)31-26(35)25(16(3)38-17(4)33)32-27(36)19-8-6-7-9-20(19)28(32)37;1-4-13-12-7-10(2)9-19(13,22-18(25)17(20)11(3)23)14-5-6-16(24)21-15(14)8-12;1-3-11-10-6-9(2)8-15(11,16)12-4-5-14(18)17-13(12)7-10;1-7(21-8(2)16)11(14(19)20)15-12(17)9-5-3-4-6-10(9)13(15)18;1-2;;/h5-12,16,18,25H,13-14H2,1-4H3,(H,30,34)(H,31,35);4-7,11-12,17,23H,8-9,20H2,1-3H3,(H,21,24)(H,22,25);3-6,10H,7-8,16H2,1-2H3,(H,17,18);3-7,11H,1-2H3,(H,19,20);1-2H;;1H2/q;;;;;+1;/p-1/b21-5+;13-4+;11-3+;;;;/i;;;;1D;;. The summed E-state index contributed by atoms with van der Waals surface area (Å²) >= 11 is 0. The molecule has 0 fully saturated rings. The molecule has 27 heteroatoms. The van der Waals surface area contributed by atoms with Crippen molar-refractivity contribution in [1.82, 2.24) is 35.4 Å². The van der Waals surface area contributed by atoms with E-state index in [1.54, 1.807) is 42.5 Å². The van der Waals surface area contributed by atoms with Crippen LogP contribution in [0.4, 0.5) is 0 Å². The number of aliphatic hydroxyl groups is 1. The van der Waals surface area contributed by atoms with E-state index in [-0.39, 0.29) is 85.8 Å². The molecule has 26 nitrogen and oxygen atoms in total. The maximum Gasteiger partial charge on any atom is 1.00 e. The van der Waals surface area contributed by atoms with Crippen molar-refractivity contribution in [3.63, 3.8) is 0 Å². The molecule has 6 aliphatic carbocycles. The first kappa shape index (κ1) is 81.4. The second-order valence-corrected chi connectivity index (χ2v) is 27.3. The van der Waals surface area contributed by atoms with E-state index in [2.05, 4.69) is 70.2 Å². The third kappa shape index (κ3) is 15.8. The van der Waals surface area contributed by atoms with E-state index in [0.29, 0.717) is 36.5 Å². The van der Waals surface area contributed by atoms with Crippen LogP contribution in [0.15, 0.2) is 169 Å². The molecule has 2 aromatic carbocycles. The number of esters is 2. The van der Waals surface area contributed by atoms with Gasteiger partial charge in [-0.1, -0.05) is 77.4 Å². The molecular weight excluding hydrogens is 1370 g/mol. The Morgan fingerprint density at radius 1 is 0.566 bits per heavy atom. The molecule has 5 heterocycles. The van der Waals surface area contributed by atoms with E-state index in [1.807, 2.05) is 45.9 Å². The normalized spacial score (nSPS) is 24.3. The molecule has 13 rings (SSSR count). The SMILES string of the molecule is C/C=C1\C2C=C(C)CC1(N)c1ccc(=O)[nH]c1C2.C/C=C1\C2C=C(C)CC1(NC(=O)C(C(C)OC(C)=O)N1C(=O)c3ccccc3C1=O)c1ccc(=O)[nH]c1C2.C/C=C1\C2C=C(C)CC1(NC(=O)C(N)C(C)O)c1ccc(=O)[nH]c1C2.CC(=O)OC(C)C(C(=O)O)N1C(=O)c2ccccc2C1=O.[2H]C#C.[Na+].[OH-]. The molecule has 12 atom stereocenters. The number of benzene rings is 2. The Balaban J connectivity index is 0.000000203. The number of pyridine rings is 3. The van der Waals surface area contributed by atoms with Gasteiger partial charge < -0.3 is 62.2 Å². The summed E-state index contributed by atoms with van der Waals surface area (Å²) in [6.07, 6.45) is 19.3. The van der Waals surface area contributed by atoms with Gasteiger partial charge in [0.15, 0.2) is 12.1 Å². The van der Waals surface area contributed by atoms with Crippen LogP contribution < -0.4 is 68.3 Å². The molecule has 12 unspecified atom stereocenters. The first-order valence-electron chi connectivity index (χ1n) is 34.6. The van der Waals surface area contributed by atoms with Crippen LogP contribution in [0.3, 0.4) is 0 Å². The fraction of sp³-hybridized carbons (Fsp3) is 0.367. The van der Waals surface area contributed by atoms with Crippen LogP contribution in [0.1, 0.15) is 172 Å². The van der Waals surface area contributed by atoms with Gasteiger partial charge in [0, 0.05) is 78.0 Å². The summed E-state index contributed by atoms with van der Waals surface area (Å²) in [6.45, 7) is 18.7. The van der Waals surface area contributed by atoms with Crippen LogP contribution in [0.25, 0.3) is 0 Å². The van der Waals surface area contributed by atoms with Gasteiger partial charge >= 0.3 is 47.5 Å². The summed E-state index contributed by atoms with van der Waals surface area (Å²) in [5.74, 6) is -6.06. The molecule has 106 heavy (non-hydrogen) atoms. The smallest absolute Gasteiger partial charge is 0.870 e. The molecule has 2 aliphatic heterocycles. The molecule has 5 aromatic rings. The van der Waals surface area contributed by atoms with Gasteiger partial charge in [0.25, 0.3) is 23.6 Å². The van der Waals surface area contributed by atoms with Crippen LogP contribution in [-0.4, -0.2) is 130 Å². The summed E-state index contributed by atoms with van der Waals surface area (Å²) < 4.78 is 15.9. The van der Waals surface area contributed by atoms with Crippen molar-refractivity contribution in [2.75, 3.05) is 0 Å². The molecule has 0 saturated carbocycles. The zero-order valence-corrected chi connectivity index (χ0v) is 63.2. The van der Waals surface area contributed by atoms with Gasteiger partial charge in [-0.3, -0.25) is 62.5 Å².